The maximum absolute atomic E-state index is 12.0. The number of aliphatic imine (C=N–C) groups is 1. The Morgan fingerprint density at radius 1 is 0.938 bits per heavy atom. The molecule has 0 heterocycles. The minimum atomic E-state index is -0.612. The molecular formula is C26H47NO5. The van der Waals surface area contributed by atoms with Gasteiger partial charge < -0.3 is 18.9 Å². The van der Waals surface area contributed by atoms with E-state index < -0.39 is 6.16 Å². The minimum absolute atomic E-state index is 0.341. The Bertz CT molecular complexity index is 569. The smallest absolute Gasteiger partial charge is 0.492 e. The number of hydrogen-bond acceptors (Lipinski definition) is 6. The van der Waals surface area contributed by atoms with E-state index in [2.05, 4.69) is 24.9 Å². The molecule has 0 bridgehead atoms. The highest BCUT2D eigenvalue weighted by atomic mass is 16.7. The molecular weight excluding hydrogens is 406 g/mol. The Balaban J connectivity index is 4.96. The Hall–Kier alpha value is -1.82. The molecule has 0 rings (SSSR count). The maximum atomic E-state index is 12.0. The fraction of sp³-hybridized carbons (Fsp3) is 0.769. The molecule has 0 amide bonds. The standard InChI is InChI=1S/C26H47NO5/c1-7-10-12-14-19-30-24(9-3)25(27-5)23(17-16-18-29-6)21-22(4)32-26(28)31-20-15-13-11-8-2/h9,17,22H,7-8,10-16,18-21H2,1-6H3/b23-17+,24-9+,27-25?. The summed E-state index contributed by atoms with van der Waals surface area (Å²) in [7, 11) is 3.45. The molecule has 32 heavy (non-hydrogen) atoms. The molecule has 0 saturated heterocycles. The monoisotopic (exact) mass is 453 g/mol. The van der Waals surface area contributed by atoms with E-state index >= 15 is 0 Å². The summed E-state index contributed by atoms with van der Waals surface area (Å²) in [4.78, 5) is 16.5. The van der Waals surface area contributed by atoms with Gasteiger partial charge in [-0.3, -0.25) is 4.99 Å². The molecule has 0 aliphatic carbocycles. The van der Waals surface area contributed by atoms with Crippen molar-refractivity contribution in [2.75, 3.05) is 34.0 Å². The van der Waals surface area contributed by atoms with Gasteiger partial charge in [0.25, 0.3) is 0 Å². The van der Waals surface area contributed by atoms with Gasteiger partial charge in [-0.05, 0) is 44.8 Å². The Kier molecular flexibility index (Phi) is 19.9. The van der Waals surface area contributed by atoms with Crippen LogP contribution in [0, 0.1) is 0 Å². The average molecular weight is 454 g/mol. The van der Waals surface area contributed by atoms with E-state index in [0.29, 0.717) is 26.2 Å². The lowest BCUT2D eigenvalue weighted by atomic mass is 10.0. The third-order valence-corrected chi connectivity index (χ3v) is 5.01. The van der Waals surface area contributed by atoms with Crippen LogP contribution < -0.4 is 0 Å². The lowest BCUT2D eigenvalue weighted by Crippen LogP contribution is -2.20. The van der Waals surface area contributed by atoms with Crippen molar-refractivity contribution < 1.29 is 23.7 Å². The van der Waals surface area contributed by atoms with Crippen molar-refractivity contribution >= 4 is 11.9 Å². The van der Waals surface area contributed by atoms with Gasteiger partial charge in [0, 0.05) is 27.2 Å². The Morgan fingerprint density at radius 2 is 1.56 bits per heavy atom. The molecule has 6 heteroatoms. The summed E-state index contributed by atoms with van der Waals surface area (Å²) in [5.74, 6) is 0.762. The summed E-state index contributed by atoms with van der Waals surface area (Å²) >= 11 is 0. The summed E-state index contributed by atoms with van der Waals surface area (Å²) < 4.78 is 21.9. The number of methoxy groups -OCH3 is 1. The van der Waals surface area contributed by atoms with Crippen molar-refractivity contribution in [2.45, 2.75) is 98.0 Å². The van der Waals surface area contributed by atoms with Crippen LogP contribution >= 0.6 is 0 Å². The molecule has 0 aliphatic heterocycles. The number of unbranched alkanes of at least 4 members (excludes halogenated alkanes) is 6. The Labute approximate surface area is 196 Å². The van der Waals surface area contributed by atoms with Gasteiger partial charge in [-0.25, -0.2) is 4.79 Å². The fourth-order valence-corrected chi connectivity index (χ4v) is 3.27. The third-order valence-electron chi connectivity index (χ3n) is 5.01. The van der Waals surface area contributed by atoms with Crippen molar-refractivity contribution in [2.24, 2.45) is 4.99 Å². The third kappa shape index (κ3) is 15.1. The quantitative estimate of drug-likeness (QED) is 0.0908. The molecule has 186 valence electrons. The maximum Gasteiger partial charge on any atom is 0.508 e. The van der Waals surface area contributed by atoms with Crippen LogP contribution in [0.1, 0.15) is 91.9 Å². The summed E-state index contributed by atoms with van der Waals surface area (Å²) in [5.41, 5.74) is 1.77. The van der Waals surface area contributed by atoms with E-state index in [1.54, 1.807) is 14.2 Å². The lowest BCUT2D eigenvalue weighted by Gasteiger charge is -2.19. The van der Waals surface area contributed by atoms with Crippen molar-refractivity contribution in [1.82, 2.24) is 0 Å². The van der Waals surface area contributed by atoms with E-state index in [1.165, 1.54) is 12.8 Å². The fourth-order valence-electron chi connectivity index (χ4n) is 3.27. The number of ether oxygens (including phenoxy) is 4. The zero-order valence-corrected chi connectivity index (χ0v) is 21.4. The first-order chi connectivity index (χ1) is 15.5. The number of hydrogen-bond donors (Lipinski definition) is 0. The zero-order valence-electron chi connectivity index (χ0n) is 21.4. The van der Waals surface area contributed by atoms with Crippen LogP contribution in [-0.4, -0.2) is 51.9 Å². The van der Waals surface area contributed by atoms with Crippen LogP contribution in [0.3, 0.4) is 0 Å². The van der Waals surface area contributed by atoms with Gasteiger partial charge in [0.05, 0.1) is 13.2 Å². The largest absolute Gasteiger partial charge is 0.508 e. The number of carbonyl (C=O) groups is 1. The number of allylic oxidation sites excluding steroid dienone is 2. The van der Waals surface area contributed by atoms with Gasteiger partial charge in [-0.1, -0.05) is 58.4 Å². The van der Waals surface area contributed by atoms with E-state index in [1.807, 2.05) is 19.9 Å². The molecule has 0 N–H and O–H groups in total. The number of carbonyl (C=O) groups excluding carboxylic acids is 1. The summed E-state index contributed by atoms with van der Waals surface area (Å²) in [5, 5.41) is 0. The van der Waals surface area contributed by atoms with E-state index in [-0.39, 0.29) is 6.10 Å². The highest BCUT2D eigenvalue weighted by Crippen LogP contribution is 2.19. The van der Waals surface area contributed by atoms with Crippen LogP contribution in [0.5, 0.6) is 0 Å². The predicted molar refractivity (Wildman–Crippen MR) is 132 cm³/mol. The molecule has 0 saturated carbocycles. The summed E-state index contributed by atoms with van der Waals surface area (Å²) in [6, 6.07) is 0. The molecule has 1 unspecified atom stereocenters. The highest BCUT2D eigenvalue weighted by molar-refractivity contribution is 6.11. The van der Waals surface area contributed by atoms with Crippen molar-refractivity contribution in [3.8, 4) is 0 Å². The molecule has 0 aromatic carbocycles. The molecule has 0 aliphatic rings. The van der Waals surface area contributed by atoms with Gasteiger partial charge in [0.15, 0.2) is 0 Å². The van der Waals surface area contributed by atoms with Crippen molar-refractivity contribution in [1.29, 1.82) is 0 Å². The highest BCUT2D eigenvalue weighted by Gasteiger charge is 2.19. The first-order valence-electron chi connectivity index (χ1n) is 12.3. The van der Waals surface area contributed by atoms with Crippen LogP contribution in [0.2, 0.25) is 0 Å². The second-order valence-corrected chi connectivity index (χ2v) is 7.94. The molecule has 0 radical (unpaired) electrons. The SMILES string of the molecule is C/C=C(/OCCCCCC)C(=NC)/C(=C/CCOC)CC(C)OC(=O)OCCCCCC. The first kappa shape index (κ1) is 30.2. The topological polar surface area (TPSA) is 66.3 Å². The van der Waals surface area contributed by atoms with Crippen LogP contribution in [0.25, 0.3) is 0 Å². The zero-order chi connectivity index (χ0) is 24.0. The summed E-state index contributed by atoms with van der Waals surface area (Å²) in [6.45, 7) is 9.85. The van der Waals surface area contributed by atoms with Crippen molar-refractivity contribution in [3.05, 3.63) is 23.5 Å². The van der Waals surface area contributed by atoms with Gasteiger partial charge >= 0.3 is 6.16 Å². The number of nitrogens with zero attached hydrogens (tertiary/aromatic N) is 1. The molecule has 0 aromatic heterocycles. The second kappa shape index (κ2) is 21.0. The molecule has 0 spiro atoms. The Morgan fingerprint density at radius 3 is 2.09 bits per heavy atom. The van der Waals surface area contributed by atoms with Gasteiger partial charge in [-0.2, -0.15) is 0 Å². The molecule has 1 atom stereocenters. The summed E-state index contributed by atoms with van der Waals surface area (Å²) in [6.07, 6.45) is 13.2. The van der Waals surface area contributed by atoms with Crippen LogP contribution in [0.15, 0.2) is 28.5 Å². The van der Waals surface area contributed by atoms with Gasteiger partial charge in [0.1, 0.15) is 17.6 Å². The van der Waals surface area contributed by atoms with E-state index in [9.17, 15) is 4.79 Å². The van der Waals surface area contributed by atoms with Crippen LogP contribution in [-0.2, 0) is 18.9 Å². The molecule has 0 fully saturated rings. The van der Waals surface area contributed by atoms with Gasteiger partial charge in [-0.15, -0.1) is 0 Å². The molecule has 6 nitrogen and oxygen atoms in total. The minimum Gasteiger partial charge on any atom is -0.492 e. The predicted octanol–water partition coefficient (Wildman–Crippen LogP) is 7.03. The average Bonchev–Trinajstić information content (AvgIpc) is 2.77. The number of rotatable bonds is 19. The van der Waals surface area contributed by atoms with Crippen molar-refractivity contribution in [3.63, 3.8) is 0 Å². The molecule has 0 aromatic rings. The van der Waals surface area contributed by atoms with Gasteiger partial charge in [0.2, 0.25) is 0 Å². The van der Waals surface area contributed by atoms with E-state index in [4.69, 9.17) is 18.9 Å². The lowest BCUT2D eigenvalue weighted by molar-refractivity contribution is 0.0288. The normalized spacial score (nSPS) is 13.8. The first-order valence-corrected chi connectivity index (χ1v) is 12.3. The second-order valence-electron chi connectivity index (χ2n) is 7.94. The van der Waals surface area contributed by atoms with E-state index in [0.717, 1.165) is 62.0 Å². The van der Waals surface area contributed by atoms with Crippen LogP contribution in [0.4, 0.5) is 4.79 Å².